The van der Waals surface area contributed by atoms with Gasteiger partial charge in [-0.15, -0.1) is 0 Å². The predicted octanol–water partition coefficient (Wildman–Crippen LogP) is 5.22. The molecule has 0 aliphatic rings. The van der Waals surface area contributed by atoms with Crippen LogP contribution >= 0.6 is 11.6 Å². The van der Waals surface area contributed by atoms with Crippen LogP contribution in [0.25, 0.3) is 11.3 Å². The summed E-state index contributed by atoms with van der Waals surface area (Å²) in [5, 5.41) is 10.1. The van der Waals surface area contributed by atoms with Gasteiger partial charge in [0.25, 0.3) is 5.91 Å². The molecule has 3 aromatic carbocycles. The highest BCUT2D eigenvalue weighted by Crippen LogP contribution is 2.26. The molecule has 0 saturated carbocycles. The van der Waals surface area contributed by atoms with E-state index in [9.17, 15) is 9.59 Å². The number of hydrogen-bond acceptors (Lipinski definition) is 4. The fraction of sp³-hybridized carbons (Fsp3) is 0.0417. The molecule has 0 atom stereocenters. The van der Waals surface area contributed by atoms with Gasteiger partial charge in [-0.2, -0.15) is 5.10 Å². The van der Waals surface area contributed by atoms with Crippen molar-refractivity contribution in [2.24, 2.45) is 0 Å². The van der Waals surface area contributed by atoms with Crippen molar-refractivity contribution in [1.82, 2.24) is 10.2 Å². The molecule has 0 bridgehead atoms. The number of nitrogens with zero attached hydrogens (tertiary/aromatic N) is 1. The van der Waals surface area contributed by atoms with Gasteiger partial charge >= 0.3 is 0 Å². The van der Waals surface area contributed by atoms with E-state index in [-0.39, 0.29) is 11.5 Å². The Bertz CT molecular complexity index is 1250. The SMILES string of the molecule is COc1cccc(-c2cc(C(=O)Nc3ccc(Cl)cc3C(=O)c3ccccc3)[nH]n2)c1. The van der Waals surface area contributed by atoms with E-state index in [0.717, 1.165) is 5.56 Å². The lowest BCUT2D eigenvalue weighted by molar-refractivity contribution is 0.102. The number of carbonyl (C=O) groups is 2. The third kappa shape index (κ3) is 4.49. The Morgan fingerprint density at radius 2 is 1.77 bits per heavy atom. The summed E-state index contributed by atoms with van der Waals surface area (Å²) in [4.78, 5) is 25.8. The average molecular weight is 432 g/mol. The zero-order valence-corrected chi connectivity index (χ0v) is 17.3. The Kier molecular flexibility index (Phi) is 5.82. The van der Waals surface area contributed by atoms with E-state index < -0.39 is 5.91 Å². The van der Waals surface area contributed by atoms with Crippen LogP contribution in [-0.2, 0) is 0 Å². The summed E-state index contributed by atoms with van der Waals surface area (Å²) in [5.74, 6) is 0.0305. The number of aromatic nitrogens is 2. The Labute approximate surface area is 183 Å². The lowest BCUT2D eigenvalue weighted by Gasteiger charge is -2.10. The van der Waals surface area contributed by atoms with Crippen molar-refractivity contribution in [2.75, 3.05) is 12.4 Å². The Balaban J connectivity index is 1.60. The molecule has 6 nitrogen and oxygen atoms in total. The topological polar surface area (TPSA) is 84.1 Å². The zero-order valence-electron chi connectivity index (χ0n) is 16.6. The van der Waals surface area contributed by atoms with Gasteiger partial charge in [0, 0.05) is 21.7 Å². The summed E-state index contributed by atoms with van der Waals surface area (Å²) in [6.07, 6.45) is 0. The minimum atomic E-state index is -0.425. The number of aromatic amines is 1. The quantitative estimate of drug-likeness (QED) is 0.410. The van der Waals surface area contributed by atoms with Crippen molar-refractivity contribution < 1.29 is 14.3 Å². The largest absolute Gasteiger partial charge is 0.497 e. The molecule has 1 amide bonds. The van der Waals surface area contributed by atoms with Crippen LogP contribution in [0.15, 0.2) is 78.9 Å². The number of amides is 1. The Hall–Kier alpha value is -3.90. The zero-order chi connectivity index (χ0) is 21.8. The number of halogens is 1. The molecule has 31 heavy (non-hydrogen) atoms. The molecule has 0 aliphatic carbocycles. The van der Waals surface area contributed by atoms with Gasteiger partial charge in [0.1, 0.15) is 11.4 Å². The highest BCUT2D eigenvalue weighted by Gasteiger charge is 2.18. The number of ether oxygens (including phenoxy) is 1. The van der Waals surface area contributed by atoms with E-state index in [4.69, 9.17) is 16.3 Å². The first-order chi connectivity index (χ1) is 15.0. The minimum absolute atomic E-state index is 0.236. The van der Waals surface area contributed by atoms with E-state index in [2.05, 4.69) is 15.5 Å². The van der Waals surface area contributed by atoms with Crippen molar-refractivity contribution in [3.63, 3.8) is 0 Å². The van der Waals surface area contributed by atoms with Gasteiger partial charge in [-0.1, -0.05) is 54.1 Å². The summed E-state index contributed by atoms with van der Waals surface area (Å²) >= 11 is 6.11. The summed E-state index contributed by atoms with van der Waals surface area (Å²) in [6, 6.07) is 22.6. The lowest BCUT2D eigenvalue weighted by Crippen LogP contribution is -2.15. The molecule has 7 heteroatoms. The molecule has 0 unspecified atom stereocenters. The molecule has 0 fully saturated rings. The van der Waals surface area contributed by atoms with E-state index in [1.54, 1.807) is 55.6 Å². The van der Waals surface area contributed by atoms with E-state index in [1.807, 2.05) is 30.3 Å². The molecule has 1 aromatic heterocycles. The number of ketones is 1. The predicted molar refractivity (Wildman–Crippen MR) is 120 cm³/mol. The van der Waals surface area contributed by atoms with Crippen LogP contribution < -0.4 is 10.1 Å². The van der Waals surface area contributed by atoms with Gasteiger partial charge in [0.2, 0.25) is 0 Å². The lowest BCUT2D eigenvalue weighted by atomic mass is 10.0. The smallest absolute Gasteiger partial charge is 0.273 e. The Morgan fingerprint density at radius 1 is 0.968 bits per heavy atom. The molecule has 2 N–H and O–H groups in total. The molecule has 0 aliphatic heterocycles. The summed E-state index contributed by atoms with van der Waals surface area (Å²) in [5.41, 5.74) is 2.83. The third-order valence-electron chi connectivity index (χ3n) is 4.70. The normalized spacial score (nSPS) is 10.5. The number of nitrogens with one attached hydrogen (secondary N) is 2. The minimum Gasteiger partial charge on any atom is -0.497 e. The van der Waals surface area contributed by atoms with Crippen LogP contribution in [0.1, 0.15) is 26.4 Å². The second-order valence-electron chi connectivity index (χ2n) is 6.74. The van der Waals surface area contributed by atoms with Crippen LogP contribution in [0.4, 0.5) is 5.69 Å². The maximum absolute atomic E-state index is 12.9. The van der Waals surface area contributed by atoms with Gasteiger partial charge in [0.05, 0.1) is 18.5 Å². The van der Waals surface area contributed by atoms with Crippen molar-refractivity contribution in [3.8, 4) is 17.0 Å². The van der Waals surface area contributed by atoms with Gasteiger partial charge in [-0.3, -0.25) is 14.7 Å². The van der Waals surface area contributed by atoms with Crippen LogP contribution in [0.3, 0.4) is 0 Å². The Morgan fingerprint density at radius 3 is 2.55 bits per heavy atom. The van der Waals surface area contributed by atoms with Crippen LogP contribution in [0.2, 0.25) is 5.02 Å². The number of methoxy groups -OCH3 is 1. The van der Waals surface area contributed by atoms with Crippen LogP contribution in [0.5, 0.6) is 5.75 Å². The van der Waals surface area contributed by atoms with Crippen molar-refractivity contribution >= 4 is 29.0 Å². The highest BCUT2D eigenvalue weighted by molar-refractivity contribution is 6.31. The highest BCUT2D eigenvalue weighted by atomic mass is 35.5. The molecule has 4 rings (SSSR count). The van der Waals surface area contributed by atoms with Gasteiger partial charge in [0.15, 0.2) is 5.78 Å². The number of anilines is 1. The summed E-state index contributed by atoms with van der Waals surface area (Å²) in [6.45, 7) is 0. The third-order valence-corrected chi connectivity index (χ3v) is 4.93. The van der Waals surface area contributed by atoms with Gasteiger partial charge < -0.3 is 10.1 Å². The van der Waals surface area contributed by atoms with Crippen LogP contribution in [0, 0.1) is 0 Å². The van der Waals surface area contributed by atoms with Crippen molar-refractivity contribution in [1.29, 1.82) is 0 Å². The molecule has 0 spiro atoms. The molecule has 1 heterocycles. The average Bonchev–Trinajstić information content (AvgIpc) is 3.31. The maximum atomic E-state index is 12.9. The first-order valence-electron chi connectivity index (χ1n) is 9.45. The number of carbonyl (C=O) groups excluding carboxylic acids is 2. The standard InChI is InChI=1S/C24H18ClN3O3/c1-31-18-9-5-8-16(12-18)21-14-22(28-27-21)24(30)26-20-11-10-17(25)13-19(20)23(29)15-6-3-2-4-7-15/h2-14H,1H3,(H,26,30)(H,27,28). The monoisotopic (exact) mass is 431 g/mol. The first kappa shape index (κ1) is 20.4. The summed E-state index contributed by atoms with van der Waals surface area (Å²) in [7, 11) is 1.59. The van der Waals surface area contributed by atoms with Crippen molar-refractivity contribution in [3.05, 3.63) is 101 Å². The molecular weight excluding hydrogens is 414 g/mol. The van der Waals surface area contributed by atoms with E-state index in [0.29, 0.717) is 33.3 Å². The molecule has 0 saturated heterocycles. The first-order valence-corrected chi connectivity index (χ1v) is 9.83. The molecule has 0 radical (unpaired) electrons. The molecular formula is C24H18ClN3O3. The number of H-pyrrole nitrogens is 1. The van der Waals surface area contributed by atoms with E-state index in [1.165, 1.54) is 0 Å². The number of hydrogen-bond donors (Lipinski definition) is 2. The fourth-order valence-corrected chi connectivity index (χ4v) is 3.29. The van der Waals surface area contributed by atoms with Crippen LogP contribution in [-0.4, -0.2) is 29.0 Å². The second-order valence-corrected chi connectivity index (χ2v) is 7.17. The van der Waals surface area contributed by atoms with Crippen molar-refractivity contribution in [2.45, 2.75) is 0 Å². The fourth-order valence-electron chi connectivity index (χ4n) is 3.12. The number of benzene rings is 3. The molecule has 154 valence electrons. The maximum Gasteiger partial charge on any atom is 0.273 e. The second kappa shape index (κ2) is 8.85. The van der Waals surface area contributed by atoms with Gasteiger partial charge in [-0.25, -0.2) is 0 Å². The molecule has 4 aromatic rings. The summed E-state index contributed by atoms with van der Waals surface area (Å²) < 4.78 is 5.23. The van der Waals surface area contributed by atoms with E-state index >= 15 is 0 Å². The van der Waals surface area contributed by atoms with Gasteiger partial charge in [-0.05, 0) is 36.4 Å². The number of rotatable bonds is 6.